The van der Waals surface area contributed by atoms with Crippen LogP contribution in [0.4, 0.5) is 68.2 Å². The average molecular weight is 989 g/mol. The third kappa shape index (κ3) is 8.45. The van der Waals surface area contributed by atoms with Gasteiger partial charge in [-0.1, -0.05) is 158 Å². The Hall–Kier alpha value is -9.64. The first-order chi connectivity index (χ1) is 38.1. The molecule has 0 N–H and O–H groups in total. The average Bonchev–Trinajstić information content (AvgIpc) is 3.54. The maximum atomic E-state index is 2.53. The highest BCUT2D eigenvalue weighted by Gasteiger charge is 2.43. The Labute approximate surface area is 451 Å². The quantitative estimate of drug-likeness (QED) is 0.121. The van der Waals surface area contributed by atoms with E-state index in [1.165, 1.54) is 55.2 Å². The van der Waals surface area contributed by atoms with Crippen LogP contribution in [0.5, 0.6) is 0 Å². The van der Waals surface area contributed by atoms with E-state index in [2.05, 4.69) is 311 Å². The van der Waals surface area contributed by atoms with Crippen molar-refractivity contribution in [2.45, 2.75) is 25.7 Å². The minimum Gasteiger partial charge on any atom is -0.310 e. The molecule has 12 aromatic rings. The fourth-order valence-corrected chi connectivity index (χ4v) is 12.8. The van der Waals surface area contributed by atoms with Crippen LogP contribution in [0.15, 0.2) is 291 Å². The largest absolute Gasteiger partial charge is 0.310 e. The van der Waals surface area contributed by atoms with Gasteiger partial charge in [-0.05, 0) is 208 Å². The van der Waals surface area contributed by atoms with Crippen LogP contribution in [0.25, 0.3) is 21.5 Å². The highest BCUT2D eigenvalue weighted by atomic mass is 15.2. The van der Waals surface area contributed by atoms with E-state index in [4.69, 9.17) is 0 Å². The number of para-hydroxylation sites is 8. The van der Waals surface area contributed by atoms with Crippen LogP contribution in [0.1, 0.15) is 22.3 Å². The van der Waals surface area contributed by atoms with Crippen molar-refractivity contribution in [3.63, 3.8) is 0 Å². The molecule has 77 heavy (non-hydrogen) atoms. The lowest BCUT2D eigenvalue weighted by Crippen LogP contribution is -2.38. The Balaban J connectivity index is 1.03. The highest BCUT2D eigenvalue weighted by Crippen LogP contribution is 2.56. The van der Waals surface area contributed by atoms with Gasteiger partial charge in [0.1, 0.15) is 0 Å². The first-order valence-corrected chi connectivity index (χ1v) is 26.9. The van der Waals surface area contributed by atoms with Crippen LogP contribution in [0.3, 0.4) is 0 Å². The summed E-state index contributed by atoms with van der Waals surface area (Å²) in [5, 5.41) is 5.24. The van der Waals surface area contributed by atoms with Gasteiger partial charge in [0.15, 0.2) is 0 Å². The smallest absolute Gasteiger partial charge is 0.0500 e. The predicted octanol–water partition coefficient (Wildman–Crippen LogP) is 19.8. The lowest BCUT2D eigenvalue weighted by molar-refractivity contribution is 0.268. The molecule has 2 aliphatic carbocycles. The molecular formula is C73H56N4. The van der Waals surface area contributed by atoms with E-state index in [1.807, 2.05) is 0 Å². The normalized spacial score (nSPS) is 13.1. The van der Waals surface area contributed by atoms with E-state index < -0.39 is 0 Å². The van der Waals surface area contributed by atoms with Crippen LogP contribution in [0, 0.1) is 5.41 Å². The van der Waals surface area contributed by atoms with Crippen molar-refractivity contribution in [1.29, 1.82) is 0 Å². The molecule has 12 aromatic carbocycles. The molecule has 0 aliphatic heterocycles. The zero-order valence-corrected chi connectivity index (χ0v) is 42.8. The standard InChI is InChI=1S/C73H56N4/c1-9-25-57(26-10-1)74(58-27-11-2-12-28-58)65-45-53-41-43-69(76(61-33-17-5-18-34-61)62-35-19-6-20-36-62)67-51-73(49-55(47-65)71(53)67)50-56-48-66(75(59-29-13-3-14-30-59)60-31-15-4-16-32-60)46-54-42-44-70(68(52-73)72(54)56)77(63-37-21-7-22-38-63)64-39-23-8-24-40-64/h1-48H,49-52H2. The van der Waals surface area contributed by atoms with Gasteiger partial charge in [-0.2, -0.15) is 0 Å². The van der Waals surface area contributed by atoms with Gasteiger partial charge in [-0.3, -0.25) is 0 Å². The Morgan fingerprint density at radius 2 is 0.468 bits per heavy atom. The van der Waals surface area contributed by atoms with Crippen molar-refractivity contribution in [3.05, 3.63) is 313 Å². The fraction of sp³-hybridized carbons (Fsp3) is 0.0685. The van der Waals surface area contributed by atoms with Gasteiger partial charge in [-0.15, -0.1) is 0 Å². The van der Waals surface area contributed by atoms with Crippen LogP contribution >= 0.6 is 0 Å². The van der Waals surface area contributed by atoms with Crippen LogP contribution in [-0.4, -0.2) is 0 Å². The summed E-state index contributed by atoms with van der Waals surface area (Å²) in [4.78, 5) is 9.87. The van der Waals surface area contributed by atoms with Gasteiger partial charge in [-0.25, -0.2) is 0 Å². The molecule has 368 valence electrons. The van der Waals surface area contributed by atoms with Gasteiger partial charge >= 0.3 is 0 Å². The summed E-state index contributed by atoms with van der Waals surface area (Å²) in [5.74, 6) is 0. The van der Waals surface area contributed by atoms with E-state index in [9.17, 15) is 0 Å². The zero-order chi connectivity index (χ0) is 51.1. The topological polar surface area (TPSA) is 13.0 Å². The minimum absolute atomic E-state index is 0.226. The molecule has 2 aliphatic rings. The molecular weight excluding hydrogens is 933 g/mol. The van der Waals surface area contributed by atoms with E-state index in [-0.39, 0.29) is 5.41 Å². The molecule has 0 bridgehead atoms. The number of rotatable bonds is 12. The van der Waals surface area contributed by atoms with Gasteiger partial charge in [0.05, 0.1) is 0 Å². The molecule has 0 amide bonds. The summed E-state index contributed by atoms with van der Waals surface area (Å²) in [6.45, 7) is 0. The Kier molecular flexibility index (Phi) is 11.7. The molecule has 14 rings (SSSR count). The summed E-state index contributed by atoms with van der Waals surface area (Å²) < 4.78 is 0. The number of hydrogen-bond donors (Lipinski definition) is 0. The summed E-state index contributed by atoms with van der Waals surface area (Å²) in [6.07, 6.45) is 3.58. The van der Waals surface area contributed by atoms with Crippen molar-refractivity contribution < 1.29 is 0 Å². The first-order valence-electron chi connectivity index (χ1n) is 26.9. The summed E-state index contributed by atoms with van der Waals surface area (Å²) in [6, 6.07) is 107. The van der Waals surface area contributed by atoms with Gasteiger partial charge in [0, 0.05) is 68.2 Å². The predicted molar refractivity (Wildman–Crippen MR) is 324 cm³/mol. The third-order valence-corrected chi connectivity index (χ3v) is 15.9. The highest BCUT2D eigenvalue weighted by molar-refractivity contribution is 6.02. The third-order valence-electron chi connectivity index (χ3n) is 15.9. The number of anilines is 12. The number of nitrogens with zero attached hydrogens (tertiary/aromatic N) is 4. The van der Waals surface area contributed by atoms with Crippen LogP contribution < -0.4 is 19.6 Å². The van der Waals surface area contributed by atoms with Crippen LogP contribution in [-0.2, 0) is 25.7 Å². The summed E-state index contributed by atoms with van der Waals surface area (Å²) in [7, 11) is 0. The van der Waals surface area contributed by atoms with Gasteiger partial charge in [0.2, 0.25) is 0 Å². The summed E-state index contributed by atoms with van der Waals surface area (Å²) in [5.41, 5.74) is 19.1. The minimum atomic E-state index is -0.226. The molecule has 0 radical (unpaired) electrons. The molecule has 0 saturated heterocycles. The maximum Gasteiger partial charge on any atom is 0.0500 e. The van der Waals surface area contributed by atoms with Crippen molar-refractivity contribution in [2.75, 3.05) is 19.6 Å². The molecule has 1 spiro atoms. The molecule has 0 saturated carbocycles. The second kappa shape index (κ2) is 19.6. The van der Waals surface area contributed by atoms with Gasteiger partial charge < -0.3 is 19.6 Å². The van der Waals surface area contributed by atoms with Crippen molar-refractivity contribution in [1.82, 2.24) is 0 Å². The van der Waals surface area contributed by atoms with E-state index in [0.29, 0.717) is 0 Å². The van der Waals surface area contributed by atoms with E-state index in [1.54, 1.807) is 0 Å². The lowest BCUT2D eigenvalue weighted by atomic mass is 9.61. The fourth-order valence-electron chi connectivity index (χ4n) is 12.8. The van der Waals surface area contributed by atoms with E-state index in [0.717, 1.165) is 82.6 Å². The van der Waals surface area contributed by atoms with Crippen molar-refractivity contribution in [2.24, 2.45) is 5.41 Å². The number of benzene rings is 12. The number of hydrogen-bond acceptors (Lipinski definition) is 4. The molecule has 0 heterocycles. The Morgan fingerprint density at radius 1 is 0.221 bits per heavy atom. The van der Waals surface area contributed by atoms with Crippen LogP contribution in [0.2, 0.25) is 0 Å². The first kappa shape index (κ1) is 45.9. The Bertz CT molecular complexity index is 3600. The SMILES string of the molecule is c1ccc(N(c2ccccc2)c2cc3c4c(c(N(c5ccccc5)c5ccccc5)ccc4c2)CC2(C3)Cc3cc(N(c4ccccc4)c4ccccc4)cc4ccc(N(c5ccccc5)c5ccccc5)c(c34)C2)cc1. The lowest BCUT2D eigenvalue weighted by Gasteiger charge is -2.45. The monoisotopic (exact) mass is 988 g/mol. The van der Waals surface area contributed by atoms with E-state index >= 15 is 0 Å². The van der Waals surface area contributed by atoms with Gasteiger partial charge in [0.25, 0.3) is 0 Å². The molecule has 0 aromatic heterocycles. The zero-order valence-electron chi connectivity index (χ0n) is 42.8. The molecule has 4 heteroatoms. The Morgan fingerprint density at radius 3 is 0.727 bits per heavy atom. The second-order valence-corrected chi connectivity index (χ2v) is 20.8. The molecule has 0 unspecified atom stereocenters. The molecule has 4 nitrogen and oxygen atoms in total. The molecule has 0 fully saturated rings. The van der Waals surface area contributed by atoms with Crippen molar-refractivity contribution in [3.8, 4) is 0 Å². The maximum absolute atomic E-state index is 2.53. The summed E-state index contributed by atoms with van der Waals surface area (Å²) >= 11 is 0. The molecule has 0 atom stereocenters. The second-order valence-electron chi connectivity index (χ2n) is 20.8. The van der Waals surface area contributed by atoms with Crippen molar-refractivity contribution >= 4 is 89.8 Å².